The summed E-state index contributed by atoms with van der Waals surface area (Å²) in [6.07, 6.45) is 5.23. The molecule has 1 nitrogen and oxygen atoms in total. The molecule has 0 radical (unpaired) electrons. The van der Waals surface area contributed by atoms with E-state index in [-0.39, 0.29) is 0 Å². The predicted octanol–water partition coefficient (Wildman–Crippen LogP) is 3.30. The highest BCUT2D eigenvalue weighted by Crippen LogP contribution is 2.05. The largest absolute Gasteiger partial charge is 0.301 e. The maximum atomic E-state index is 2.61. The van der Waals surface area contributed by atoms with Crippen LogP contribution in [0.1, 0.15) is 53.4 Å². The highest BCUT2D eigenvalue weighted by Gasteiger charge is 2.09. The third kappa shape index (κ3) is 4.76. The first-order valence-electron chi connectivity index (χ1n) is 5.50. The van der Waals surface area contributed by atoms with E-state index in [4.69, 9.17) is 0 Å². The standard InChI is InChI=1S/C11H25N/c1-5-8-10-12(9-6-2)11(4)7-3/h11H,5-10H2,1-4H3. The van der Waals surface area contributed by atoms with Gasteiger partial charge in [-0.05, 0) is 39.3 Å². The third-order valence-corrected chi connectivity index (χ3v) is 2.52. The number of rotatable bonds is 7. The Hall–Kier alpha value is -0.0400. The molecule has 0 rings (SSSR count). The Morgan fingerprint density at radius 2 is 1.67 bits per heavy atom. The summed E-state index contributed by atoms with van der Waals surface area (Å²) in [6, 6.07) is 0.775. The molecule has 12 heavy (non-hydrogen) atoms. The van der Waals surface area contributed by atoms with Crippen molar-refractivity contribution in [1.29, 1.82) is 0 Å². The Morgan fingerprint density at radius 3 is 2.08 bits per heavy atom. The molecule has 0 heterocycles. The summed E-state index contributed by atoms with van der Waals surface area (Å²) in [4.78, 5) is 2.61. The quantitative estimate of drug-likeness (QED) is 0.568. The zero-order valence-corrected chi connectivity index (χ0v) is 9.27. The van der Waals surface area contributed by atoms with Crippen LogP contribution < -0.4 is 0 Å². The SMILES string of the molecule is CCCCN(CCC)C(C)CC. The van der Waals surface area contributed by atoms with E-state index >= 15 is 0 Å². The number of hydrogen-bond acceptors (Lipinski definition) is 1. The van der Waals surface area contributed by atoms with E-state index in [1.165, 1.54) is 38.8 Å². The van der Waals surface area contributed by atoms with Gasteiger partial charge in [0.25, 0.3) is 0 Å². The van der Waals surface area contributed by atoms with Crippen LogP contribution in [0.2, 0.25) is 0 Å². The van der Waals surface area contributed by atoms with Gasteiger partial charge in [0.1, 0.15) is 0 Å². The number of hydrogen-bond donors (Lipinski definition) is 0. The second kappa shape index (κ2) is 7.60. The molecule has 0 aromatic carbocycles. The molecule has 0 spiro atoms. The molecule has 0 saturated heterocycles. The smallest absolute Gasteiger partial charge is 0.00642 e. The maximum Gasteiger partial charge on any atom is 0.00642 e. The molecule has 0 amide bonds. The van der Waals surface area contributed by atoms with E-state index in [9.17, 15) is 0 Å². The third-order valence-electron chi connectivity index (χ3n) is 2.52. The van der Waals surface area contributed by atoms with E-state index in [0.29, 0.717) is 0 Å². The van der Waals surface area contributed by atoms with Crippen molar-refractivity contribution in [3.05, 3.63) is 0 Å². The molecule has 0 bridgehead atoms. The fourth-order valence-corrected chi connectivity index (χ4v) is 1.46. The highest BCUT2D eigenvalue weighted by atomic mass is 15.1. The summed E-state index contributed by atoms with van der Waals surface area (Å²) in [5, 5.41) is 0. The Balaban J connectivity index is 3.68. The lowest BCUT2D eigenvalue weighted by Crippen LogP contribution is -2.34. The van der Waals surface area contributed by atoms with Crippen LogP contribution in [0, 0.1) is 0 Å². The van der Waals surface area contributed by atoms with Gasteiger partial charge in [0.05, 0.1) is 0 Å². The van der Waals surface area contributed by atoms with Crippen molar-refractivity contribution in [2.24, 2.45) is 0 Å². The molecular weight excluding hydrogens is 146 g/mol. The zero-order valence-electron chi connectivity index (χ0n) is 9.27. The van der Waals surface area contributed by atoms with Gasteiger partial charge in [-0.1, -0.05) is 27.2 Å². The van der Waals surface area contributed by atoms with Crippen LogP contribution in [-0.4, -0.2) is 24.0 Å². The molecule has 1 unspecified atom stereocenters. The van der Waals surface area contributed by atoms with Gasteiger partial charge in [-0.2, -0.15) is 0 Å². The lowest BCUT2D eigenvalue weighted by Gasteiger charge is -2.27. The van der Waals surface area contributed by atoms with Crippen molar-refractivity contribution in [3.8, 4) is 0 Å². The van der Waals surface area contributed by atoms with Gasteiger partial charge in [-0.15, -0.1) is 0 Å². The van der Waals surface area contributed by atoms with Crippen LogP contribution in [0.4, 0.5) is 0 Å². The fraction of sp³-hybridized carbons (Fsp3) is 1.00. The molecule has 0 aromatic rings. The van der Waals surface area contributed by atoms with E-state index in [2.05, 4.69) is 32.6 Å². The van der Waals surface area contributed by atoms with Gasteiger partial charge in [0.15, 0.2) is 0 Å². The first-order chi connectivity index (χ1) is 5.76. The van der Waals surface area contributed by atoms with Gasteiger partial charge in [-0.3, -0.25) is 0 Å². The van der Waals surface area contributed by atoms with Crippen LogP contribution >= 0.6 is 0 Å². The zero-order chi connectivity index (χ0) is 9.40. The van der Waals surface area contributed by atoms with Crippen LogP contribution in [0.5, 0.6) is 0 Å². The predicted molar refractivity (Wildman–Crippen MR) is 56.5 cm³/mol. The molecular formula is C11H25N. The van der Waals surface area contributed by atoms with Crippen LogP contribution in [0.15, 0.2) is 0 Å². The lowest BCUT2D eigenvalue weighted by atomic mass is 10.2. The molecule has 0 aliphatic rings. The second-order valence-electron chi connectivity index (χ2n) is 3.65. The van der Waals surface area contributed by atoms with Crippen molar-refractivity contribution in [1.82, 2.24) is 4.90 Å². The average Bonchev–Trinajstić information content (AvgIpc) is 2.11. The molecule has 0 aliphatic heterocycles. The lowest BCUT2D eigenvalue weighted by molar-refractivity contribution is 0.201. The van der Waals surface area contributed by atoms with Crippen molar-refractivity contribution in [2.45, 2.75) is 59.4 Å². The molecule has 0 fully saturated rings. The Kier molecular flexibility index (Phi) is 7.58. The molecule has 0 aromatic heterocycles. The molecule has 0 N–H and O–H groups in total. The maximum absolute atomic E-state index is 2.61. The minimum absolute atomic E-state index is 0.775. The van der Waals surface area contributed by atoms with Crippen molar-refractivity contribution in [2.75, 3.05) is 13.1 Å². The van der Waals surface area contributed by atoms with Gasteiger partial charge in [0.2, 0.25) is 0 Å². The van der Waals surface area contributed by atoms with E-state index < -0.39 is 0 Å². The summed E-state index contributed by atoms with van der Waals surface area (Å²) in [5.74, 6) is 0. The van der Waals surface area contributed by atoms with Crippen molar-refractivity contribution < 1.29 is 0 Å². The molecule has 74 valence electrons. The summed E-state index contributed by atoms with van der Waals surface area (Å²) in [5.41, 5.74) is 0. The van der Waals surface area contributed by atoms with Gasteiger partial charge < -0.3 is 4.90 Å². The van der Waals surface area contributed by atoms with Crippen molar-refractivity contribution >= 4 is 0 Å². The minimum atomic E-state index is 0.775. The fourth-order valence-electron chi connectivity index (χ4n) is 1.46. The number of unbranched alkanes of at least 4 members (excludes halogenated alkanes) is 1. The average molecular weight is 171 g/mol. The highest BCUT2D eigenvalue weighted by molar-refractivity contribution is 4.64. The summed E-state index contributed by atoms with van der Waals surface area (Å²) in [6.45, 7) is 11.7. The van der Waals surface area contributed by atoms with Crippen LogP contribution in [-0.2, 0) is 0 Å². The Labute approximate surface area is 78.1 Å². The van der Waals surface area contributed by atoms with E-state index in [1.54, 1.807) is 0 Å². The molecule has 1 heteroatoms. The van der Waals surface area contributed by atoms with Gasteiger partial charge in [0, 0.05) is 6.04 Å². The minimum Gasteiger partial charge on any atom is -0.301 e. The number of nitrogens with zero attached hydrogens (tertiary/aromatic N) is 1. The molecule has 0 saturated carbocycles. The first-order valence-corrected chi connectivity index (χ1v) is 5.50. The Bertz CT molecular complexity index is 91.0. The Morgan fingerprint density at radius 1 is 1.00 bits per heavy atom. The topological polar surface area (TPSA) is 3.24 Å². The van der Waals surface area contributed by atoms with E-state index in [0.717, 1.165) is 6.04 Å². The van der Waals surface area contributed by atoms with Crippen molar-refractivity contribution in [3.63, 3.8) is 0 Å². The summed E-state index contributed by atoms with van der Waals surface area (Å²) >= 11 is 0. The summed E-state index contributed by atoms with van der Waals surface area (Å²) < 4.78 is 0. The van der Waals surface area contributed by atoms with E-state index in [1.807, 2.05) is 0 Å². The van der Waals surface area contributed by atoms with Gasteiger partial charge >= 0.3 is 0 Å². The summed E-state index contributed by atoms with van der Waals surface area (Å²) in [7, 11) is 0. The van der Waals surface area contributed by atoms with Crippen LogP contribution in [0.25, 0.3) is 0 Å². The van der Waals surface area contributed by atoms with Crippen LogP contribution in [0.3, 0.4) is 0 Å². The molecule has 0 aliphatic carbocycles. The monoisotopic (exact) mass is 171 g/mol. The first kappa shape index (κ1) is 12.0. The van der Waals surface area contributed by atoms with Gasteiger partial charge in [-0.25, -0.2) is 0 Å². The normalized spacial score (nSPS) is 13.8. The molecule has 1 atom stereocenters. The second-order valence-corrected chi connectivity index (χ2v) is 3.65.